The van der Waals surface area contributed by atoms with Gasteiger partial charge >= 0.3 is 24.0 Å². The number of anilines is 1. The summed E-state index contributed by atoms with van der Waals surface area (Å²) in [6.45, 7) is 1.74. The molecule has 276 valence electrons. The molecule has 50 heavy (non-hydrogen) atoms. The monoisotopic (exact) mass is 733 g/mol. The molecule has 0 spiro atoms. The molecule has 0 unspecified atom stereocenters. The van der Waals surface area contributed by atoms with Crippen molar-refractivity contribution in [2.24, 2.45) is 0 Å². The van der Waals surface area contributed by atoms with Crippen LogP contribution >= 0.6 is 23.5 Å². The normalized spacial score (nSPS) is 24.8. The van der Waals surface area contributed by atoms with E-state index >= 15 is 0 Å². The Bertz CT molecular complexity index is 1380. The quantitative estimate of drug-likeness (QED) is 0.0424. The van der Waals surface area contributed by atoms with E-state index in [4.69, 9.17) is 14.9 Å². The summed E-state index contributed by atoms with van der Waals surface area (Å²) < 4.78 is 4.96. The Morgan fingerprint density at radius 1 is 0.880 bits per heavy atom. The number of carbonyl (C=O) groups excluding carboxylic acids is 4. The molecule has 0 aromatic heterocycles. The van der Waals surface area contributed by atoms with E-state index in [9.17, 15) is 24.0 Å². The smallest absolute Gasteiger partial charge is 0.337 e. The molecule has 5 rings (SSSR count). The summed E-state index contributed by atoms with van der Waals surface area (Å²) >= 11 is 3.76. The highest BCUT2D eigenvalue weighted by Crippen LogP contribution is 2.34. The first kappa shape index (κ1) is 40.7. The van der Waals surface area contributed by atoms with Gasteiger partial charge in [-0.3, -0.25) is 9.59 Å². The first-order valence-electron chi connectivity index (χ1n) is 16.8. The fourth-order valence-electron chi connectivity index (χ4n) is 6.16. The van der Waals surface area contributed by atoms with Crippen LogP contribution in [0.1, 0.15) is 71.3 Å². The van der Waals surface area contributed by atoms with Gasteiger partial charge in [0.2, 0.25) is 5.91 Å². The van der Waals surface area contributed by atoms with Gasteiger partial charge in [0, 0.05) is 40.5 Å². The predicted molar refractivity (Wildman–Crippen MR) is 198 cm³/mol. The fraction of sp³-hybridized carbons (Fsp3) is 0.571. The van der Waals surface area contributed by atoms with Gasteiger partial charge in [-0.15, -0.1) is 0 Å². The summed E-state index contributed by atoms with van der Waals surface area (Å²) in [6, 6.07) is 8.10. The average Bonchev–Trinajstić information content (AvgIpc) is 3.83. The zero-order chi connectivity index (χ0) is 35.2. The number of carboxylic acid groups (broad SMARTS) is 1. The zero-order valence-corrected chi connectivity index (χ0v) is 29.3. The molecular formula is C35H51N5O8S2. The highest BCUT2D eigenvalue weighted by atomic mass is 32.2. The van der Waals surface area contributed by atoms with E-state index in [1.165, 1.54) is 6.08 Å². The van der Waals surface area contributed by atoms with E-state index < -0.39 is 11.9 Å². The van der Waals surface area contributed by atoms with Gasteiger partial charge in [-0.25, -0.2) is 14.4 Å². The lowest BCUT2D eigenvalue weighted by molar-refractivity contribution is -0.138. The van der Waals surface area contributed by atoms with Crippen molar-refractivity contribution in [2.75, 3.05) is 30.0 Å². The summed E-state index contributed by atoms with van der Waals surface area (Å²) in [4.78, 5) is 57.0. The van der Waals surface area contributed by atoms with E-state index in [-0.39, 0.29) is 74.8 Å². The summed E-state index contributed by atoms with van der Waals surface area (Å²) in [5.41, 5.74) is 1.85. The minimum Gasteiger partial charge on any atom is -0.481 e. The van der Waals surface area contributed by atoms with Crippen LogP contribution in [0.4, 0.5) is 15.3 Å². The first-order valence-corrected chi connectivity index (χ1v) is 18.9. The molecule has 1 aromatic rings. The van der Waals surface area contributed by atoms with Crippen LogP contribution in [0.5, 0.6) is 0 Å². The predicted octanol–water partition coefficient (Wildman–Crippen LogP) is 4.28. The number of carboxylic acids is 1. The van der Waals surface area contributed by atoms with Gasteiger partial charge in [-0.05, 0) is 62.5 Å². The number of urea groups is 2. The number of aliphatic carboxylic acids is 1. The van der Waals surface area contributed by atoms with Crippen LogP contribution < -0.4 is 26.6 Å². The van der Waals surface area contributed by atoms with Crippen molar-refractivity contribution in [3.63, 3.8) is 0 Å². The lowest BCUT2D eigenvalue weighted by Crippen LogP contribution is -2.36. The molecule has 15 heteroatoms. The Morgan fingerprint density at radius 2 is 1.44 bits per heavy atom. The van der Waals surface area contributed by atoms with E-state index in [1.807, 2.05) is 47.8 Å². The highest BCUT2D eigenvalue weighted by molar-refractivity contribution is 8.00. The molecule has 6 atom stereocenters. The Hall–Kier alpha value is -3.69. The number of unbranched alkanes of at least 4 members (excludes halogenated alkanes) is 2. The number of fused-ring (bicyclic) bond motifs is 2. The van der Waals surface area contributed by atoms with Gasteiger partial charge in [-0.2, -0.15) is 23.5 Å². The number of carbonyl (C=O) groups is 5. The molecule has 13 nitrogen and oxygen atoms in total. The number of rotatable bonds is 16. The molecule has 4 aliphatic heterocycles. The minimum atomic E-state index is -0.729. The van der Waals surface area contributed by atoms with Crippen molar-refractivity contribution in [2.45, 2.75) is 100 Å². The van der Waals surface area contributed by atoms with Gasteiger partial charge < -0.3 is 41.5 Å². The maximum atomic E-state index is 12.3. The van der Waals surface area contributed by atoms with E-state index in [0.29, 0.717) is 22.6 Å². The molecule has 4 heterocycles. The summed E-state index contributed by atoms with van der Waals surface area (Å²) in [5.74, 6) is 0.672. The maximum Gasteiger partial charge on any atom is 0.337 e. The molecule has 0 saturated carbocycles. The Labute approximate surface area is 302 Å². The molecule has 7 N–H and O–H groups in total. The molecule has 0 radical (unpaired) electrons. The number of benzene rings is 1. The van der Waals surface area contributed by atoms with Gasteiger partial charge in [0.1, 0.15) is 0 Å². The van der Waals surface area contributed by atoms with Gasteiger partial charge in [0.25, 0.3) is 0 Å². The average molecular weight is 734 g/mol. The highest BCUT2D eigenvalue weighted by Gasteiger charge is 2.43. The number of aliphatic hydroxyl groups is 1. The number of ether oxygens (including phenoxy) is 1. The largest absolute Gasteiger partial charge is 0.481 e. The van der Waals surface area contributed by atoms with Crippen LogP contribution in [0.25, 0.3) is 6.08 Å². The van der Waals surface area contributed by atoms with Gasteiger partial charge in [-0.1, -0.05) is 38.5 Å². The molecule has 5 amide bonds. The summed E-state index contributed by atoms with van der Waals surface area (Å²) in [7, 11) is 0. The Kier molecular flexibility index (Phi) is 17.0. The third kappa shape index (κ3) is 12.6. The number of esters is 1. The lowest BCUT2D eigenvalue weighted by Gasteiger charge is -2.16. The number of thioether (sulfide) groups is 2. The molecule has 0 bridgehead atoms. The second kappa shape index (κ2) is 20.9. The van der Waals surface area contributed by atoms with E-state index in [1.54, 1.807) is 19.1 Å². The van der Waals surface area contributed by atoms with Crippen LogP contribution in [0.2, 0.25) is 0 Å². The topological polar surface area (TPSA) is 195 Å². The molecular weight excluding hydrogens is 683 g/mol. The fourth-order valence-corrected chi connectivity index (χ4v) is 9.25. The van der Waals surface area contributed by atoms with Gasteiger partial charge in [0.05, 0.1) is 43.0 Å². The number of amides is 5. The maximum absolute atomic E-state index is 12.3. The van der Waals surface area contributed by atoms with Gasteiger partial charge in [0.15, 0.2) is 0 Å². The molecule has 1 aromatic carbocycles. The standard InChI is InChI=1S/C24H31N3O5S.C10H16N2O3S.CH4/c1-2-32-23(30)17(13-14-28)10-7-16-8-11-18(12-9-16)25-21(29)6-4-3-5-20-22-19(15-33-20)26-24(31)27-22;13-8(14)4-2-1-3-7-9-6(5-16-7)11-10(15)12-9;/h7-13,19-20,22,28H,2-6,14-15H2,1H3,(H,25,29)(H2,26,27,31);6-7,9H,1-5H2,(H,13,14)(H2,11,12,15);1H4/b10-7+,17-13+;;/t19-,20-,22-;6-,7-,9-;/m00./s1. The van der Waals surface area contributed by atoms with Crippen molar-refractivity contribution in [1.82, 2.24) is 21.3 Å². The molecule has 0 aliphatic carbocycles. The Balaban J connectivity index is 0.000000333. The Morgan fingerprint density at radius 3 is 1.96 bits per heavy atom. The third-order valence-corrected chi connectivity index (χ3v) is 11.6. The van der Waals surface area contributed by atoms with Crippen LogP contribution in [-0.2, 0) is 19.1 Å². The molecule has 4 fully saturated rings. The summed E-state index contributed by atoms with van der Waals surface area (Å²) in [6.07, 6.45) is 10.8. The molecule has 4 aliphatic rings. The molecule has 4 saturated heterocycles. The van der Waals surface area contributed by atoms with Crippen molar-refractivity contribution >= 4 is 65.2 Å². The van der Waals surface area contributed by atoms with Crippen LogP contribution in [0.15, 0.2) is 42.0 Å². The van der Waals surface area contributed by atoms with Crippen molar-refractivity contribution in [3.05, 3.63) is 47.6 Å². The lowest BCUT2D eigenvalue weighted by atomic mass is 10.0. The number of hydrogen-bond donors (Lipinski definition) is 7. The number of aliphatic hydroxyl groups excluding tert-OH is 1. The second-order valence-corrected chi connectivity index (χ2v) is 14.7. The van der Waals surface area contributed by atoms with Crippen LogP contribution in [0, 0.1) is 0 Å². The number of nitrogens with one attached hydrogen (secondary N) is 5. The van der Waals surface area contributed by atoms with Crippen molar-refractivity contribution in [1.29, 1.82) is 0 Å². The van der Waals surface area contributed by atoms with E-state index in [2.05, 4.69) is 26.6 Å². The minimum absolute atomic E-state index is 0. The zero-order valence-electron chi connectivity index (χ0n) is 27.7. The SMILES string of the molecule is C.CCOC(=O)C(/C=C/c1ccc(NC(=O)CCCC[C@@H]2SC[C@@H]3NC(=O)N[C@@H]32)cc1)=C/CO.O=C(O)CCCC[C@@H]1SC[C@@H]2NC(=O)N[C@@H]21. The summed E-state index contributed by atoms with van der Waals surface area (Å²) in [5, 5.41) is 33.1. The van der Waals surface area contributed by atoms with Crippen LogP contribution in [0.3, 0.4) is 0 Å². The third-order valence-electron chi connectivity index (χ3n) is 8.62. The number of hydrogen-bond acceptors (Lipinski definition) is 9. The first-order chi connectivity index (χ1) is 23.7. The van der Waals surface area contributed by atoms with Crippen molar-refractivity contribution < 1.29 is 38.9 Å². The van der Waals surface area contributed by atoms with E-state index in [0.717, 1.165) is 55.6 Å². The van der Waals surface area contributed by atoms with Crippen molar-refractivity contribution in [3.8, 4) is 0 Å². The second-order valence-electron chi connectivity index (χ2n) is 12.2. The van der Waals surface area contributed by atoms with Crippen LogP contribution in [-0.4, -0.2) is 99.5 Å².